The van der Waals surface area contributed by atoms with Crippen LogP contribution in [-0.4, -0.2) is 37.4 Å². The Bertz CT molecular complexity index is 819. The van der Waals surface area contributed by atoms with Crippen LogP contribution in [0.3, 0.4) is 0 Å². The smallest absolute Gasteiger partial charge is 0.284 e. The highest BCUT2D eigenvalue weighted by molar-refractivity contribution is 5.85. The number of ether oxygens (including phenoxy) is 3. The Morgan fingerprint density at radius 3 is 2.65 bits per heavy atom. The van der Waals surface area contributed by atoms with Crippen molar-refractivity contribution in [3.63, 3.8) is 0 Å². The molecule has 1 heterocycles. The molecule has 0 spiro atoms. The number of carboxylic acids is 1. The lowest BCUT2D eigenvalue weighted by Crippen LogP contribution is -2.42. The van der Waals surface area contributed by atoms with E-state index in [-0.39, 0.29) is 6.61 Å². The number of nitrogens with zero attached hydrogens (tertiary/aromatic N) is 1. The Labute approximate surface area is 149 Å². The van der Waals surface area contributed by atoms with Gasteiger partial charge in [-0.05, 0) is 42.0 Å². The number of hydrogen-bond donors (Lipinski definition) is 1. The molecule has 1 atom stereocenters. The topological polar surface area (TPSA) is 109 Å². The van der Waals surface area contributed by atoms with Crippen molar-refractivity contribution in [1.82, 2.24) is 5.43 Å². The Morgan fingerprint density at radius 2 is 1.92 bits per heavy atom. The molecule has 1 aliphatic heterocycles. The molecule has 3 rings (SSSR count). The molecule has 2 aromatic rings. The predicted molar refractivity (Wildman–Crippen MR) is 89.0 cm³/mol. The Hall–Kier alpha value is -3.55. The molecule has 0 bridgehead atoms. The van der Waals surface area contributed by atoms with Crippen molar-refractivity contribution in [3.8, 4) is 17.2 Å². The van der Waals surface area contributed by atoms with E-state index in [9.17, 15) is 14.7 Å². The second-order valence-electron chi connectivity index (χ2n) is 5.33. The third-order valence-electron chi connectivity index (χ3n) is 3.43. The Morgan fingerprint density at radius 1 is 1.19 bits per heavy atom. The molecule has 0 aliphatic carbocycles. The zero-order chi connectivity index (χ0) is 18.4. The second-order valence-corrected chi connectivity index (χ2v) is 5.33. The predicted octanol–water partition coefficient (Wildman–Crippen LogP) is 0.105. The van der Waals surface area contributed by atoms with Crippen LogP contribution in [0.1, 0.15) is 5.56 Å². The molecule has 0 saturated carbocycles. The maximum absolute atomic E-state index is 12.1. The highest BCUT2D eigenvalue weighted by Crippen LogP contribution is 2.30. The standard InChI is InChI=1S/C18H16N2O6/c21-17(22)11-24-13-7-5-12(6-8-13)9-19-20-18(23)16-10-25-14-3-1-2-4-15(14)26-16/h1-9,16H,10-11H2,(H,20,23)(H,21,22)/p-1/b19-9-/t16-/m0/s1. The number of carbonyl (C=O) groups excluding carboxylic acids is 2. The Kier molecular flexibility index (Phi) is 5.33. The summed E-state index contributed by atoms with van der Waals surface area (Å²) in [6.45, 7) is -0.418. The van der Waals surface area contributed by atoms with Crippen LogP contribution in [0.4, 0.5) is 0 Å². The van der Waals surface area contributed by atoms with Crippen molar-refractivity contribution < 1.29 is 28.9 Å². The van der Waals surface area contributed by atoms with Gasteiger partial charge in [0.1, 0.15) is 19.0 Å². The maximum atomic E-state index is 12.1. The quantitative estimate of drug-likeness (QED) is 0.582. The highest BCUT2D eigenvalue weighted by Gasteiger charge is 2.26. The van der Waals surface area contributed by atoms with Crippen molar-refractivity contribution in [2.24, 2.45) is 5.10 Å². The molecule has 0 fully saturated rings. The fourth-order valence-corrected chi connectivity index (χ4v) is 2.18. The van der Waals surface area contributed by atoms with E-state index >= 15 is 0 Å². The molecule has 0 radical (unpaired) electrons. The SMILES string of the molecule is O=C([O-])COc1ccc(/C=N\NC(=O)[C@@H]2COc3ccccc3O2)cc1. The fraction of sp³-hybridized carbons (Fsp3) is 0.167. The lowest BCUT2D eigenvalue weighted by molar-refractivity contribution is -0.307. The van der Waals surface area contributed by atoms with Gasteiger partial charge in [0.25, 0.3) is 5.91 Å². The van der Waals surface area contributed by atoms with Gasteiger partial charge in [-0.25, -0.2) is 5.43 Å². The van der Waals surface area contributed by atoms with Gasteiger partial charge >= 0.3 is 0 Å². The van der Waals surface area contributed by atoms with Crippen LogP contribution in [-0.2, 0) is 9.59 Å². The van der Waals surface area contributed by atoms with Crippen molar-refractivity contribution in [3.05, 3.63) is 54.1 Å². The van der Waals surface area contributed by atoms with E-state index in [1.54, 1.807) is 42.5 Å². The number of benzene rings is 2. The lowest BCUT2D eigenvalue weighted by atomic mass is 10.2. The number of hydrazone groups is 1. The third-order valence-corrected chi connectivity index (χ3v) is 3.43. The average Bonchev–Trinajstić information content (AvgIpc) is 2.67. The van der Waals surface area contributed by atoms with Gasteiger partial charge in [-0.3, -0.25) is 4.79 Å². The summed E-state index contributed by atoms with van der Waals surface area (Å²) < 4.78 is 16.0. The van der Waals surface area contributed by atoms with Crippen molar-refractivity contribution >= 4 is 18.1 Å². The van der Waals surface area contributed by atoms with Crippen LogP contribution in [0, 0.1) is 0 Å². The Balaban J connectivity index is 1.50. The molecule has 134 valence electrons. The molecular formula is C18H15N2O6-. The van der Waals surface area contributed by atoms with Gasteiger partial charge in [0, 0.05) is 0 Å². The molecule has 0 saturated heterocycles. The van der Waals surface area contributed by atoms with Crippen LogP contribution < -0.4 is 24.7 Å². The minimum atomic E-state index is -1.30. The highest BCUT2D eigenvalue weighted by atomic mass is 16.6. The van der Waals surface area contributed by atoms with Gasteiger partial charge in [-0.2, -0.15) is 5.10 Å². The summed E-state index contributed by atoms with van der Waals surface area (Å²) in [6.07, 6.45) is 0.653. The number of fused-ring (bicyclic) bond motifs is 1. The maximum Gasteiger partial charge on any atom is 0.284 e. The normalized spacial score (nSPS) is 15.5. The van der Waals surface area contributed by atoms with E-state index in [1.807, 2.05) is 6.07 Å². The molecule has 1 aliphatic rings. The monoisotopic (exact) mass is 355 g/mol. The molecular weight excluding hydrogens is 340 g/mol. The van der Waals surface area contributed by atoms with Gasteiger partial charge in [0.15, 0.2) is 11.5 Å². The first-order chi connectivity index (χ1) is 12.6. The van der Waals surface area contributed by atoms with Gasteiger partial charge in [-0.1, -0.05) is 12.1 Å². The molecule has 0 aromatic heterocycles. The summed E-state index contributed by atoms with van der Waals surface area (Å²) in [7, 11) is 0. The van der Waals surface area contributed by atoms with E-state index in [0.717, 1.165) is 0 Å². The van der Waals surface area contributed by atoms with Crippen LogP contribution in [0.25, 0.3) is 0 Å². The molecule has 8 nitrogen and oxygen atoms in total. The molecule has 26 heavy (non-hydrogen) atoms. The zero-order valence-corrected chi connectivity index (χ0v) is 13.6. The number of para-hydroxylation sites is 2. The summed E-state index contributed by atoms with van der Waals surface area (Å²) in [5, 5.41) is 14.2. The van der Waals surface area contributed by atoms with Crippen LogP contribution in [0.15, 0.2) is 53.6 Å². The zero-order valence-electron chi connectivity index (χ0n) is 13.6. The van der Waals surface area contributed by atoms with Crippen molar-refractivity contribution in [2.75, 3.05) is 13.2 Å². The van der Waals surface area contributed by atoms with E-state index in [1.165, 1.54) is 6.21 Å². The number of nitrogens with one attached hydrogen (secondary N) is 1. The summed E-state index contributed by atoms with van der Waals surface area (Å²) in [5.41, 5.74) is 3.09. The van der Waals surface area contributed by atoms with E-state index in [2.05, 4.69) is 10.5 Å². The fourth-order valence-electron chi connectivity index (χ4n) is 2.18. The number of carboxylic acid groups (broad SMARTS) is 1. The number of rotatable bonds is 6. The number of aliphatic carboxylic acids is 1. The largest absolute Gasteiger partial charge is 0.546 e. The first kappa shape index (κ1) is 17.3. The van der Waals surface area contributed by atoms with Crippen LogP contribution in [0.5, 0.6) is 17.2 Å². The van der Waals surface area contributed by atoms with Gasteiger partial charge in [-0.15, -0.1) is 0 Å². The number of amides is 1. The van der Waals surface area contributed by atoms with Crippen molar-refractivity contribution in [1.29, 1.82) is 0 Å². The van der Waals surface area contributed by atoms with Crippen molar-refractivity contribution in [2.45, 2.75) is 6.10 Å². The van der Waals surface area contributed by atoms with Gasteiger partial charge < -0.3 is 24.1 Å². The van der Waals surface area contributed by atoms with Crippen LogP contribution in [0.2, 0.25) is 0 Å². The second kappa shape index (κ2) is 8.02. The molecule has 0 unspecified atom stereocenters. The first-order valence-electron chi connectivity index (χ1n) is 7.76. The van der Waals surface area contributed by atoms with E-state index in [4.69, 9.17) is 14.2 Å². The number of hydrogen-bond acceptors (Lipinski definition) is 7. The molecule has 8 heteroatoms. The van der Waals surface area contributed by atoms with E-state index in [0.29, 0.717) is 22.8 Å². The summed E-state index contributed by atoms with van der Waals surface area (Å²) in [4.78, 5) is 22.4. The average molecular weight is 355 g/mol. The summed E-state index contributed by atoms with van der Waals surface area (Å²) in [5.74, 6) is -0.225. The summed E-state index contributed by atoms with van der Waals surface area (Å²) in [6, 6.07) is 13.6. The lowest BCUT2D eigenvalue weighted by Gasteiger charge is -2.24. The molecule has 1 amide bonds. The van der Waals surface area contributed by atoms with Gasteiger partial charge in [0.2, 0.25) is 6.10 Å². The minimum Gasteiger partial charge on any atom is -0.546 e. The van der Waals surface area contributed by atoms with E-state index < -0.39 is 24.6 Å². The van der Waals surface area contributed by atoms with Gasteiger partial charge in [0.05, 0.1) is 12.2 Å². The number of carbonyl (C=O) groups is 2. The molecule has 1 N–H and O–H groups in total. The minimum absolute atomic E-state index is 0.100. The van der Waals surface area contributed by atoms with Crippen LogP contribution >= 0.6 is 0 Å². The molecule has 2 aromatic carbocycles. The summed E-state index contributed by atoms with van der Waals surface area (Å²) >= 11 is 0. The first-order valence-corrected chi connectivity index (χ1v) is 7.76. The third kappa shape index (κ3) is 4.50.